The van der Waals surface area contributed by atoms with Gasteiger partial charge in [-0.2, -0.15) is 0 Å². The standard InChI is InChI=1S/C17H12O3/c18-15-9-8-12-6-7-13(10-14(12)11-15)17(19)20-16-4-2-1-3-5-16/h1-11,18H. The van der Waals surface area contributed by atoms with Crippen molar-refractivity contribution < 1.29 is 14.6 Å². The Bertz CT molecular complexity index is 764. The lowest BCUT2D eigenvalue weighted by Gasteiger charge is -2.05. The summed E-state index contributed by atoms with van der Waals surface area (Å²) in [5, 5.41) is 11.2. The van der Waals surface area contributed by atoms with Gasteiger partial charge >= 0.3 is 5.97 Å². The fraction of sp³-hybridized carbons (Fsp3) is 0. The van der Waals surface area contributed by atoms with Crippen LogP contribution in [0, 0.1) is 0 Å². The quantitative estimate of drug-likeness (QED) is 0.566. The first-order chi connectivity index (χ1) is 9.72. The van der Waals surface area contributed by atoms with Crippen LogP contribution in [0.3, 0.4) is 0 Å². The van der Waals surface area contributed by atoms with Crippen LogP contribution in [0.4, 0.5) is 0 Å². The Morgan fingerprint density at radius 3 is 2.40 bits per heavy atom. The molecule has 0 amide bonds. The number of hydrogen-bond acceptors (Lipinski definition) is 3. The molecule has 3 aromatic carbocycles. The van der Waals surface area contributed by atoms with Crippen molar-refractivity contribution in [3.05, 3.63) is 72.3 Å². The van der Waals surface area contributed by atoms with Gasteiger partial charge in [-0.15, -0.1) is 0 Å². The summed E-state index contributed by atoms with van der Waals surface area (Å²) >= 11 is 0. The van der Waals surface area contributed by atoms with E-state index in [-0.39, 0.29) is 5.75 Å². The molecule has 0 aliphatic carbocycles. The van der Waals surface area contributed by atoms with Crippen LogP contribution in [0.2, 0.25) is 0 Å². The highest BCUT2D eigenvalue weighted by Crippen LogP contribution is 2.22. The Balaban J connectivity index is 1.91. The third-order valence-electron chi connectivity index (χ3n) is 3.01. The van der Waals surface area contributed by atoms with E-state index in [1.807, 2.05) is 12.1 Å². The van der Waals surface area contributed by atoms with Gasteiger partial charge < -0.3 is 9.84 Å². The second kappa shape index (κ2) is 5.05. The van der Waals surface area contributed by atoms with Crippen LogP contribution in [-0.4, -0.2) is 11.1 Å². The van der Waals surface area contributed by atoms with E-state index in [4.69, 9.17) is 4.74 Å². The van der Waals surface area contributed by atoms with Gasteiger partial charge in [0, 0.05) is 0 Å². The van der Waals surface area contributed by atoms with Crippen molar-refractivity contribution in [2.45, 2.75) is 0 Å². The minimum absolute atomic E-state index is 0.172. The molecule has 98 valence electrons. The molecule has 0 spiro atoms. The Morgan fingerprint density at radius 2 is 1.60 bits per heavy atom. The van der Waals surface area contributed by atoms with Crippen LogP contribution < -0.4 is 4.74 Å². The molecule has 3 rings (SSSR count). The van der Waals surface area contributed by atoms with Crippen molar-refractivity contribution in [3.8, 4) is 11.5 Å². The molecule has 0 saturated heterocycles. The normalized spacial score (nSPS) is 10.4. The lowest BCUT2D eigenvalue weighted by atomic mass is 10.1. The minimum atomic E-state index is -0.415. The maximum absolute atomic E-state index is 12.1. The van der Waals surface area contributed by atoms with Gasteiger partial charge in [0.25, 0.3) is 0 Å². The molecule has 0 saturated carbocycles. The second-order valence-electron chi connectivity index (χ2n) is 4.45. The van der Waals surface area contributed by atoms with Crippen molar-refractivity contribution in [1.82, 2.24) is 0 Å². The molecule has 0 heterocycles. The van der Waals surface area contributed by atoms with E-state index in [0.29, 0.717) is 11.3 Å². The molecule has 0 aliphatic rings. The molecule has 1 N–H and O–H groups in total. The minimum Gasteiger partial charge on any atom is -0.508 e. The summed E-state index contributed by atoms with van der Waals surface area (Å²) in [5.41, 5.74) is 0.451. The molecule has 3 aromatic rings. The zero-order valence-electron chi connectivity index (χ0n) is 10.6. The van der Waals surface area contributed by atoms with Crippen LogP contribution in [0.25, 0.3) is 10.8 Å². The van der Waals surface area contributed by atoms with Gasteiger partial charge in [0.2, 0.25) is 0 Å². The van der Waals surface area contributed by atoms with E-state index in [1.165, 1.54) is 0 Å². The molecule has 0 fully saturated rings. The monoisotopic (exact) mass is 264 g/mol. The summed E-state index contributed by atoms with van der Waals surface area (Å²) in [7, 11) is 0. The van der Waals surface area contributed by atoms with Gasteiger partial charge in [-0.25, -0.2) is 4.79 Å². The molecule has 0 aromatic heterocycles. The lowest BCUT2D eigenvalue weighted by Crippen LogP contribution is -2.08. The molecule has 0 radical (unpaired) electrons. The highest BCUT2D eigenvalue weighted by atomic mass is 16.5. The fourth-order valence-corrected chi connectivity index (χ4v) is 2.02. The van der Waals surface area contributed by atoms with Crippen LogP contribution in [0.5, 0.6) is 11.5 Å². The molecular weight excluding hydrogens is 252 g/mol. The van der Waals surface area contributed by atoms with Crippen LogP contribution in [0.1, 0.15) is 10.4 Å². The highest BCUT2D eigenvalue weighted by molar-refractivity contribution is 5.96. The average molecular weight is 264 g/mol. The molecule has 0 unspecified atom stereocenters. The molecule has 0 bridgehead atoms. The van der Waals surface area contributed by atoms with Crippen molar-refractivity contribution >= 4 is 16.7 Å². The fourth-order valence-electron chi connectivity index (χ4n) is 2.02. The number of phenols is 1. The maximum atomic E-state index is 12.1. The number of phenolic OH excluding ortho intramolecular Hbond substituents is 1. The first-order valence-corrected chi connectivity index (χ1v) is 6.22. The molecule has 3 heteroatoms. The van der Waals surface area contributed by atoms with Crippen LogP contribution >= 0.6 is 0 Å². The van der Waals surface area contributed by atoms with E-state index < -0.39 is 5.97 Å². The third kappa shape index (κ3) is 2.47. The summed E-state index contributed by atoms with van der Waals surface area (Å²) in [4.78, 5) is 12.1. The van der Waals surface area contributed by atoms with E-state index in [0.717, 1.165) is 10.8 Å². The summed E-state index contributed by atoms with van der Waals surface area (Å²) in [6.07, 6.45) is 0. The van der Waals surface area contributed by atoms with Crippen LogP contribution in [0.15, 0.2) is 66.7 Å². The zero-order chi connectivity index (χ0) is 13.9. The Labute approximate surface area is 116 Å². The number of hydrogen-bond donors (Lipinski definition) is 1. The summed E-state index contributed by atoms with van der Waals surface area (Å²) in [6, 6.07) is 19.2. The van der Waals surface area contributed by atoms with Crippen molar-refractivity contribution in [3.63, 3.8) is 0 Å². The Morgan fingerprint density at radius 1 is 0.850 bits per heavy atom. The average Bonchev–Trinajstić information content (AvgIpc) is 2.47. The van der Waals surface area contributed by atoms with E-state index in [2.05, 4.69) is 0 Å². The lowest BCUT2D eigenvalue weighted by molar-refractivity contribution is 0.0735. The summed E-state index contributed by atoms with van der Waals surface area (Å²) < 4.78 is 5.28. The first-order valence-electron chi connectivity index (χ1n) is 6.22. The largest absolute Gasteiger partial charge is 0.508 e. The predicted molar refractivity (Wildman–Crippen MR) is 77.0 cm³/mol. The topological polar surface area (TPSA) is 46.5 Å². The van der Waals surface area contributed by atoms with Gasteiger partial charge in [-0.1, -0.05) is 30.3 Å². The molecule has 0 atom stereocenters. The number of carbonyl (C=O) groups excluding carboxylic acids is 1. The third-order valence-corrected chi connectivity index (χ3v) is 3.01. The molecule has 3 nitrogen and oxygen atoms in total. The number of ether oxygens (including phenoxy) is 1. The smallest absolute Gasteiger partial charge is 0.343 e. The van der Waals surface area contributed by atoms with Crippen LogP contribution in [-0.2, 0) is 0 Å². The molecule has 0 aliphatic heterocycles. The van der Waals surface area contributed by atoms with E-state index in [1.54, 1.807) is 54.6 Å². The van der Waals surface area contributed by atoms with Gasteiger partial charge in [0.05, 0.1) is 5.56 Å². The number of carbonyl (C=O) groups is 1. The van der Waals surface area contributed by atoms with E-state index >= 15 is 0 Å². The van der Waals surface area contributed by atoms with Gasteiger partial charge in [-0.3, -0.25) is 0 Å². The van der Waals surface area contributed by atoms with Gasteiger partial charge in [-0.05, 0) is 47.2 Å². The second-order valence-corrected chi connectivity index (χ2v) is 4.45. The SMILES string of the molecule is O=C(Oc1ccccc1)c1ccc2ccc(O)cc2c1. The maximum Gasteiger partial charge on any atom is 0.343 e. The number of rotatable bonds is 2. The molecular formula is C17H12O3. The van der Waals surface area contributed by atoms with Crippen molar-refractivity contribution in [1.29, 1.82) is 0 Å². The summed E-state index contributed by atoms with van der Waals surface area (Å²) in [5.74, 6) is 0.265. The van der Waals surface area contributed by atoms with Gasteiger partial charge in [0.15, 0.2) is 0 Å². The first kappa shape index (κ1) is 12.2. The van der Waals surface area contributed by atoms with Crippen molar-refractivity contribution in [2.75, 3.05) is 0 Å². The number of benzene rings is 3. The summed E-state index contributed by atoms with van der Waals surface area (Å²) in [6.45, 7) is 0. The van der Waals surface area contributed by atoms with E-state index in [9.17, 15) is 9.90 Å². The Kier molecular flexibility index (Phi) is 3.09. The number of aromatic hydroxyl groups is 1. The van der Waals surface area contributed by atoms with Gasteiger partial charge in [0.1, 0.15) is 11.5 Å². The predicted octanol–water partition coefficient (Wildman–Crippen LogP) is 3.76. The Hall–Kier alpha value is -2.81. The number of fused-ring (bicyclic) bond motifs is 1. The number of para-hydroxylation sites is 1. The molecule has 20 heavy (non-hydrogen) atoms. The highest BCUT2D eigenvalue weighted by Gasteiger charge is 2.09. The van der Waals surface area contributed by atoms with Crippen molar-refractivity contribution in [2.24, 2.45) is 0 Å². The number of esters is 1. The zero-order valence-corrected chi connectivity index (χ0v) is 10.6.